The van der Waals surface area contributed by atoms with Crippen LogP contribution in [0.2, 0.25) is 5.15 Å². The summed E-state index contributed by atoms with van der Waals surface area (Å²) in [6.45, 7) is 5.82. The van der Waals surface area contributed by atoms with Gasteiger partial charge in [-0.15, -0.1) is 5.10 Å². The number of hydrogen-bond acceptors (Lipinski definition) is 5. The van der Waals surface area contributed by atoms with Gasteiger partial charge in [0.25, 0.3) is 5.78 Å². The van der Waals surface area contributed by atoms with E-state index in [4.69, 9.17) is 11.6 Å². The van der Waals surface area contributed by atoms with E-state index in [1.54, 1.807) is 0 Å². The van der Waals surface area contributed by atoms with Crippen LogP contribution in [-0.4, -0.2) is 24.5 Å². The van der Waals surface area contributed by atoms with Gasteiger partial charge in [0.2, 0.25) is 5.15 Å². The first-order chi connectivity index (χ1) is 8.93. The molecule has 0 amide bonds. The average Bonchev–Trinajstić information content (AvgIpc) is 2.71. The second-order valence-electron chi connectivity index (χ2n) is 4.65. The second-order valence-corrected chi connectivity index (χ2v) is 5.00. The lowest BCUT2D eigenvalue weighted by molar-refractivity contribution is -0.386. The topological polar surface area (TPSA) is 86.2 Å². The molecular weight excluding hydrogens is 270 g/mol. The third-order valence-corrected chi connectivity index (χ3v) is 2.96. The maximum absolute atomic E-state index is 11.2. The second kappa shape index (κ2) is 5.08. The number of nitro groups is 1. The smallest absolute Gasteiger partial charge is 0.258 e. The van der Waals surface area contributed by atoms with Gasteiger partial charge in [-0.25, -0.2) is 4.98 Å². The Hall–Kier alpha value is -1.76. The van der Waals surface area contributed by atoms with Crippen molar-refractivity contribution in [2.45, 2.75) is 33.6 Å². The van der Waals surface area contributed by atoms with Crippen molar-refractivity contribution in [3.05, 3.63) is 26.8 Å². The summed E-state index contributed by atoms with van der Waals surface area (Å²) < 4.78 is 1.22. The summed E-state index contributed by atoms with van der Waals surface area (Å²) in [5.41, 5.74) is 0.169. The molecule has 7 nitrogen and oxygen atoms in total. The number of aryl methyl sites for hydroxylation is 1. The van der Waals surface area contributed by atoms with Gasteiger partial charge in [-0.3, -0.25) is 10.1 Å². The summed E-state index contributed by atoms with van der Waals surface area (Å²) in [5, 5.41) is 15.2. The highest BCUT2D eigenvalue weighted by atomic mass is 35.5. The Balaban J connectivity index is 2.71. The average molecular weight is 284 g/mol. The van der Waals surface area contributed by atoms with Crippen molar-refractivity contribution in [3.8, 4) is 0 Å². The first-order valence-electron chi connectivity index (χ1n) is 6.02. The van der Waals surface area contributed by atoms with Gasteiger partial charge < -0.3 is 0 Å². The summed E-state index contributed by atoms with van der Waals surface area (Å²) >= 11 is 6.07. The molecule has 0 bridgehead atoms. The summed E-state index contributed by atoms with van der Waals surface area (Å²) in [6.07, 6.45) is 1.09. The molecule has 19 heavy (non-hydrogen) atoms. The van der Waals surface area contributed by atoms with Crippen LogP contribution in [0.15, 0.2) is 0 Å². The molecule has 0 aliphatic heterocycles. The fraction of sp³-hybridized carbons (Fsp3) is 0.545. The molecule has 2 aromatic rings. The number of hydrogen-bond donors (Lipinski definition) is 0. The molecule has 2 aromatic heterocycles. The Kier molecular flexibility index (Phi) is 3.66. The van der Waals surface area contributed by atoms with Gasteiger partial charge in [0.05, 0.1) is 4.92 Å². The third kappa shape index (κ3) is 2.51. The number of nitrogens with zero attached hydrogens (tertiary/aromatic N) is 5. The maximum Gasteiger partial charge on any atom is 0.327 e. The largest absolute Gasteiger partial charge is 0.327 e. The lowest BCUT2D eigenvalue weighted by Crippen LogP contribution is -2.07. The van der Waals surface area contributed by atoms with Crippen LogP contribution in [0, 0.1) is 16.0 Å². The molecular formula is C11H14ClN5O2. The van der Waals surface area contributed by atoms with Crippen LogP contribution in [0.1, 0.15) is 32.3 Å². The quantitative estimate of drug-likeness (QED) is 0.489. The summed E-state index contributed by atoms with van der Waals surface area (Å²) in [7, 11) is 0. The number of aromatic nitrogens is 4. The van der Waals surface area contributed by atoms with E-state index in [9.17, 15) is 10.1 Å². The number of fused-ring (bicyclic) bond motifs is 1. The molecule has 0 N–H and O–H groups in total. The van der Waals surface area contributed by atoms with Crippen molar-refractivity contribution in [1.29, 1.82) is 0 Å². The molecule has 0 aliphatic rings. The SMILES string of the molecule is CCc1nc2nc(CC(C)C)c([N+](=O)[O-])c(Cl)n2n1. The Morgan fingerprint density at radius 2 is 2.11 bits per heavy atom. The van der Waals surface area contributed by atoms with Crippen LogP contribution >= 0.6 is 11.6 Å². The molecule has 102 valence electrons. The minimum Gasteiger partial charge on any atom is -0.258 e. The molecule has 0 radical (unpaired) electrons. The number of halogens is 1. The van der Waals surface area contributed by atoms with Crippen LogP contribution in [0.25, 0.3) is 5.78 Å². The van der Waals surface area contributed by atoms with E-state index >= 15 is 0 Å². The minimum absolute atomic E-state index is 0.0437. The first-order valence-corrected chi connectivity index (χ1v) is 6.40. The molecule has 0 saturated heterocycles. The molecule has 0 fully saturated rings. The molecule has 2 rings (SSSR count). The minimum atomic E-state index is -0.514. The summed E-state index contributed by atoms with van der Waals surface area (Å²) in [6, 6.07) is 0. The zero-order valence-electron chi connectivity index (χ0n) is 10.9. The molecule has 2 heterocycles. The lowest BCUT2D eigenvalue weighted by Gasteiger charge is -2.06. The highest BCUT2D eigenvalue weighted by Crippen LogP contribution is 2.29. The number of rotatable bonds is 4. The highest BCUT2D eigenvalue weighted by Gasteiger charge is 2.26. The van der Waals surface area contributed by atoms with Crippen LogP contribution < -0.4 is 0 Å². The normalized spacial score (nSPS) is 11.4. The van der Waals surface area contributed by atoms with E-state index in [0.29, 0.717) is 30.1 Å². The van der Waals surface area contributed by atoms with Gasteiger partial charge in [-0.1, -0.05) is 32.4 Å². The van der Waals surface area contributed by atoms with Crippen LogP contribution in [-0.2, 0) is 12.8 Å². The molecule has 0 spiro atoms. The predicted octanol–water partition coefficient (Wildman–Crippen LogP) is 2.45. The monoisotopic (exact) mass is 283 g/mol. The maximum atomic E-state index is 11.2. The van der Waals surface area contributed by atoms with E-state index in [-0.39, 0.29) is 16.8 Å². The van der Waals surface area contributed by atoms with E-state index in [0.717, 1.165) is 0 Å². The van der Waals surface area contributed by atoms with Gasteiger partial charge >= 0.3 is 5.69 Å². The van der Waals surface area contributed by atoms with Crippen molar-refractivity contribution in [1.82, 2.24) is 19.6 Å². The fourth-order valence-electron chi connectivity index (χ4n) is 1.80. The summed E-state index contributed by atoms with van der Waals surface area (Å²) in [5.74, 6) is 1.10. The van der Waals surface area contributed by atoms with Crippen molar-refractivity contribution < 1.29 is 4.92 Å². The van der Waals surface area contributed by atoms with Gasteiger partial charge in [-0.2, -0.15) is 9.50 Å². The predicted molar refractivity (Wildman–Crippen MR) is 70.4 cm³/mol. The molecule has 0 aliphatic carbocycles. The van der Waals surface area contributed by atoms with Crippen LogP contribution in [0.4, 0.5) is 5.69 Å². The van der Waals surface area contributed by atoms with E-state index in [1.165, 1.54) is 4.52 Å². The van der Waals surface area contributed by atoms with Crippen LogP contribution in [0.3, 0.4) is 0 Å². The Labute approximate surface area is 114 Å². The van der Waals surface area contributed by atoms with Gasteiger partial charge in [-0.05, 0) is 12.3 Å². The van der Waals surface area contributed by atoms with Crippen molar-refractivity contribution in [3.63, 3.8) is 0 Å². The van der Waals surface area contributed by atoms with Gasteiger partial charge in [0, 0.05) is 6.42 Å². The Morgan fingerprint density at radius 1 is 1.42 bits per heavy atom. The summed E-state index contributed by atoms with van der Waals surface area (Å²) in [4.78, 5) is 19.1. The highest BCUT2D eigenvalue weighted by molar-refractivity contribution is 6.31. The standard InChI is InChI=1S/C11H14ClN5O2/c1-4-8-14-11-13-7(5-6(2)3)9(17(18)19)10(12)16(11)15-8/h6H,4-5H2,1-3H3. The third-order valence-electron chi connectivity index (χ3n) is 2.62. The Bertz CT molecular complexity index is 638. The van der Waals surface area contributed by atoms with Crippen molar-refractivity contribution >= 4 is 23.1 Å². The van der Waals surface area contributed by atoms with E-state index in [2.05, 4.69) is 15.1 Å². The fourth-order valence-corrected chi connectivity index (χ4v) is 2.09. The van der Waals surface area contributed by atoms with Crippen LogP contribution in [0.5, 0.6) is 0 Å². The molecule has 8 heteroatoms. The van der Waals surface area contributed by atoms with Gasteiger partial charge in [0.15, 0.2) is 5.82 Å². The molecule has 0 unspecified atom stereocenters. The van der Waals surface area contributed by atoms with E-state index < -0.39 is 4.92 Å². The first kappa shape index (κ1) is 13.7. The Morgan fingerprint density at radius 3 is 2.63 bits per heavy atom. The van der Waals surface area contributed by atoms with Gasteiger partial charge in [0.1, 0.15) is 5.69 Å². The van der Waals surface area contributed by atoms with Crippen molar-refractivity contribution in [2.75, 3.05) is 0 Å². The molecule has 0 aromatic carbocycles. The molecule has 0 saturated carbocycles. The van der Waals surface area contributed by atoms with Crippen molar-refractivity contribution in [2.24, 2.45) is 5.92 Å². The lowest BCUT2D eigenvalue weighted by atomic mass is 10.1. The zero-order valence-corrected chi connectivity index (χ0v) is 11.7. The molecule has 0 atom stereocenters. The zero-order chi connectivity index (χ0) is 14.2. The van der Waals surface area contributed by atoms with E-state index in [1.807, 2.05) is 20.8 Å².